The average Bonchev–Trinajstić information content (AvgIpc) is 3.01. The van der Waals surface area contributed by atoms with Crippen LogP contribution in [0.4, 0.5) is 0 Å². The summed E-state index contributed by atoms with van der Waals surface area (Å²) in [6.07, 6.45) is 3.16. The Labute approximate surface area is 132 Å². The molecule has 0 spiro atoms. The van der Waals surface area contributed by atoms with Crippen molar-refractivity contribution < 1.29 is 14.5 Å². The van der Waals surface area contributed by atoms with Gasteiger partial charge in [0.05, 0.1) is 6.04 Å². The van der Waals surface area contributed by atoms with E-state index in [1.165, 1.54) is 36.4 Å². The van der Waals surface area contributed by atoms with E-state index in [0.29, 0.717) is 5.92 Å². The molecule has 2 unspecified atom stereocenters. The number of rotatable bonds is 6. The van der Waals surface area contributed by atoms with Gasteiger partial charge >= 0.3 is 5.97 Å². The summed E-state index contributed by atoms with van der Waals surface area (Å²) in [6.45, 7) is 5.73. The Morgan fingerprint density at radius 1 is 1.45 bits per heavy atom. The first-order valence-electron chi connectivity index (χ1n) is 6.95. The van der Waals surface area contributed by atoms with E-state index in [9.17, 15) is 14.5 Å². The van der Waals surface area contributed by atoms with E-state index in [2.05, 4.69) is 4.72 Å². The van der Waals surface area contributed by atoms with E-state index >= 15 is 0 Å². The summed E-state index contributed by atoms with van der Waals surface area (Å²) in [7, 11) is 0. The van der Waals surface area contributed by atoms with Crippen LogP contribution in [0.5, 0.6) is 0 Å². The van der Waals surface area contributed by atoms with Crippen molar-refractivity contribution in [1.29, 1.82) is 0 Å². The molecule has 20 heavy (non-hydrogen) atoms. The molecule has 116 valence electrons. The Hall–Kier alpha value is 0.440. The van der Waals surface area contributed by atoms with Crippen LogP contribution in [0.2, 0.25) is 0 Å². The van der Waals surface area contributed by atoms with Crippen LogP contribution < -0.4 is 4.72 Å². The molecule has 1 heterocycles. The van der Waals surface area contributed by atoms with Gasteiger partial charge in [-0.3, -0.25) is 0 Å². The van der Waals surface area contributed by atoms with E-state index in [4.69, 9.17) is 0 Å². The third-order valence-corrected chi connectivity index (χ3v) is 8.71. The molecule has 1 saturated carbocycles. The maximum absolute atomic E-state index is 12.4. The molecule has 7 heteroatoms. The van der Waals surface area contributed by atoms with Gasteiger partial charge in [0, 0.05) is 22.9 Å². The van der Waals surface area contributed by atoms with Gasteiger partial charge in [-0.1, -0.05) is 12.8 Å². The van der Waals surface area contributed by atoms with Gasteiger partial charge in [0.25, 0.3) is 0 Å². The number of hydrogen-bond donors (Lipinski definition) is 2. The van der Waals surface area contributed by atoms with Crippen LogP contribution in [0.3, 0.4) is 0 Å². The topological polar surface area (TPSA) is 72.4 Å². The summed E-state index contributed by atoms with van der Waals surface area (Å²) >= 11 is 1.76. The highest BCUT2D eigenvalue weighted by molar-refractivity contribution is 8.22. The first-order chi connectivity index (χ1) is 9.25. The van der Waals surface area contributed by atoms with E-state index < -0.39 is 21.4 Å². The highest BCUT2D eigenvalue weighted by Crippen LogP contribution is 2.50. The second-order valence-electron chi connectivity index (χ2n) is 6.40. The van der Waals surface area contributed by atoms with E-state index in [0.717, 1.165) is 17.9 Å². The molecule has 1 aliphatic heterocycles. The van der Waals surface area contributed by atoms with Crippen LogP contribution in [0, 0.1) is 5.92 Å². The zero-order chi connectivity index (χ0) is 15.0. The lowest BCUT2D eigenvalue weighted by atomic mass is 10.1. The van der Waals surface area contributed by atoms with Gasteiger partial charge in [-0.05, 0) is 33.1 Å². The lowest BCUT2D eigenvalue weighted by Gasteiger charge is -2.35. The van der Waals surface area contributed by atoms with Crippen molar-refractivity contribution in [3.05, 3.63) is 0 Å². The minimum atomic E-state index is -1.23. The maximum Gasteiger partial charge on any atom is 0.331 e. The lowest BCUT2D eigenvalue weighted by Crippen LogP contribution is -2.55. The number of carboxylic acids is 1. The second-order valence-corrected chi connectivity index (χ2v) is 11.3. The zero-order valence-electron chi connectivity index (χ0n) is 12.2. The third kappa shape index (κ3) is 3.80. The fraction of sp³-hybridized carbons (Fsp3) is 0.923. The molecule has 2 N–H and O–H groups in total. The molecule has 2 fully saturated rings. The molecule has 0 radical (unpaired) electrons. The fourth-order valence-electron chi connectivity index (χ4n) is 2.18. The Kier molecular flexibility index (Phi) is 5.28. The number of nitrogens with one attached hydrogen (secondary N) is 1. The van der Waals surface area contributed by atoms with Gasteiger partial charge in [-0.15, -0.1) is 28.2 Å². The molecule has 1 aliphatic carbocycles. The van der Waals surface area contributed by atoms with Crippen LogP contribution in [0.25, 0.3) is 0 Å². The van der Waals surface area contributed by atoms with Crippen LogP contribution in [-0.2, 0) is 16.2 Å². The number of aliphatic carboxylic acids is 1. The molecule has 0 bridgehead atoms. The average molecular weight is 338 g/mol. The monoisotopic (exact) mass is 337 g/mol. The van der Waals surface area contributed by atoms with Gasteiger partial charge in [0.15, 0.2) is 4.08 Å². The fourth-order valence-corrected chi connectivity index (χ4v) is 6.28. The molecular formula is C13H23NO3S3. The van der Waals surface area contributed by atoms with Gasteiger partial charge in [-0.25, -0.2) is 4.79 Å². The largest absolute Gasteiger partial charge is 0.598 e. The van der Waals surface area contributed by atoms with Gasteiger partial charge in [0.1, 0.15) is 4.75 Å². The Bertz CT molecular complexity index is 362. The predicted octanol–water partition coefficient (Wildman–Crippen LogP) is 2.47. The molecule has 0 amide bonds. The molecule has 0 aromatic heterocycles. The van der Waals surface area contributed by atoms with Crippen molar-refractivity contribution in [2.24, 2.45) is 5.92 Å². The smallest absolute Gasteiger partial charge is 0.331 e. The Morgan fingerprint density at radius 2 is 2.00 bits per heavy atom. The standard InChI is InChI=1S/C13H23NO3S3/c1-12(2,3)20(17)14-10(8-9-4-5-9)13(11(15)16)18-6-7-19-13/h9-10,14H,4-8H2,1-3H3,(H,15,16). The Balaban J connectivity index is 2.15. The van der Waals surface area contributed by atoms with Gasteiger partial charge < -0.3 is 9.66 Å². The summed E-state index contributed by atoms with van der Waals surface area (Å²) in [5.41, 5.74) is 0. The minimum Gasteiger partial charge on any atom is -0.598 e. The first-order valence-corrected chi connectivity index (χ1v) is 10.1. The van der Waals surface area contributed by atoms with Crippen molar-refractivity contribution >= 4 is 40.9 Å². The van der Waals surface area contributed by atoms with Crippen molar-refractivity contribution in [2.75, 3.05) is 11.5 Å². The predicted molar refractivity (Wildman–Crippen MR) is 87.4 cm³/mol. The van der Waals surface area contributed by atoms with Crippen molar-refractivity contribution in [3.8, 4) is 0 Å². The minimum absolute atomic E-state index is 0.231. The summed E-state index contributed by atoms with van der Waals surface area (Å²) in [5.74, 6) is 1.51. The Morgan fingerprint density at radius 3 is 2.40 bits per heavy atom. The molecular weight excluding hydrogens is 314 g/mol. The highest BCUT2D eigenvalue weighted by Gasteiger charge is 2.53. The number of hydrogen-bond acceptors (Lipinski definition) is 5. The third-order valence-electron chi connectivity index (χ3n) is 3.54. The summed E-state index contributed by atoms with van der Waals surface area (Å²) < 4.78 is 14.3. The van der Waals surface area contributed by atoms with Gasteiger partial charge in [0.2, 0.25) is 0 Å². The van der Waals surface area contributed by atoms with Crippen molar-refractivity contribution in [2.45, 2.75) is 54.9 Å². The van der Waals surface area contributed by atoms with Crippen molar-refractivity contribution in [1.82, 2.24) is 4.72 Å². The van der Waals surface area contributed by atoms with Gasteiger partial charge in [-0.2, -0.15) is 0 Å². The quantitative estimate of drug-likeness (QED) is 0.726. The molecule has 0 aromatic rings. The lowest BCUT2D eigenvalue weighted by molar-refractivity contribution is -0.137. The van der Waals surface area contributed by atoms with E-state index in [1.807, 2.05) is 20.8 Å². The molecule has 2 aliphatic rings. The first kappa shape index (κ1) is 16.8. The molecule has 1 saturated heterocycles. The molecule has 4 nitrogen and oxygen atoms in total. The molecule has 2 rings (SSSR count). The summed E-state index contributed by atoms with van der Waals surface area (Å²) in [5, 5.41) is 9.70. The molecule has 0 aromatic carbocycles. The van der Waals surface area contributed by atoms with Crippen molar-refractivity contribution in [3.63, 3.8) is 0 Å². The number of carboxylic acid groups (broad SMARTS) is 1. The van der Waals surface area contributed by atoms with Crippen LogP contribution in [-0.4, -0.2) is 42.0 Å². The summed E-state index contributed by atoms with van der Waals surface area (Å²) in [4.78, 5) is 11.8. The highest BCUT2D eigenvalue weighted by atomic mass is 32.2. The maximum atomic E-state index is 12.4. The number of thioether (sulfide) groups is 2. The second kappa shape index (κ2) is 6.28. The zero-order valence-corrected chi connectivity index (χ0v) is 14.6. The van der Waals surface area contributed by atoms with Crippen LogP contribution in [0.15, 0.2) is 0 Å². The SMILES string of the molecule is CC(C)(C)[S+]([O-])NC(CC1CC1)C1(C(=O)O)SCCS1. The number of carbonyl (C=O) groups is 1. The van der Waals surface area contributed by atoms with E-state index in [-0.39, 0.29) is 10.8 Å². The van der Waals surface area contributed by atoms with Crippen LogP contribution >= 0.6 is 23.5 Å². The molecule has 2 atom stereocenters. The van der Waals surface area contributed by atoms with E-state index in [1.54, 1.807) is 0 Å². The van der Waals surface area contributed by atoms with Crippen LogP contribution in [0.1, 0.15) is 40.0 Å². The summed E-state index contributed by atoms with van der Waals surface area (Å²) in [6, 6.07) is -0.231. The normalized spacial score (nSPS) is 25.4.